The van der Waals surface area contributed by atoms with Gasteiger partial charge in [0.25, 0.3) is 5.91 Å². The normalized spacial score (nSPS) is 14.0. The molecule has 27 heavy (non-hydrogen) atoms. The van der Waals surface area contributed by atoms with Crippen LogP contribution in [0.4, 0.5) is 0 Å². The molecule has 1 amide bonds. The van der Waals surface area contributed by atoms with Crippen molar-refractivity contribution in [1.29, 1.82) is 0 Å². The minimum absolute atomic E-state index is 0.134. The maximum absolute atomic E-state index is 12.3. The predicted octanol–water partition coefficient (Wildman–Crippen LogP) is 2.42. The van der Waals surface area contributed by atoms with Crippen LogP contribution in [-0.4, -0.2) is 27.2 Å². The van der Waals surface area contributed by atoms with Crippen LogP contribution in [0.3, 0.4) is 0 Å². The molecule has 3 rings (SSSR count). The van der Waals surface area contributed by atoms with Crippen LogP contribution >= 0.6 is 0 Å². The van der Waals surface area contributed by atoms with Gasteiger partial charge in [0.1, 0.15) is 0 Å². The number of hydrogen-bond acceptors (Lipinski definition) is 5. The summed E-state index contributed by atoms with van der Waals surface area (Å²) in [6.45, 7) is 4.23. The summed E-state index contributed by atoms with van der Waals surface area (Å²) in [7, 11) is -3.58. The second-order valence-corrected chi connectivity index (χ2v) is 8.04. The third-order valence-electron chi connectivity index (χ3n) is 4.29. The minimum Gasteiger partial charge on any atom is -0.454 e. The first-order valence-electron chi connectivity index (χ1n) is 8.68. The van der Waals surface area contributed by atoms with Crippen LogP contribution in [0.1, 0.15) is 36.2 Å². The summed E-state index contributed by atoms with van der Waals surface area (Å²) < 4.78 is 37.7. The summed E-state index contributed by atoms with van der Waals surface area (Å²) in [6.07, 6.45) is 0.694. The van der Waals surface area contributed by atoms with Crippen molar-refractivity contribution in [2.45, 2.75) is 37.8 Å². The van der Waals surface area contributed by atoms with E-state index in [1.807, 2.05) is 19.1 Å². The predicted molar refractivity (Wildman–Crippen MR) is 100 cm³/mol. The number of rotatable bonds is 7. The topological polar surface area (TPSA) is 93.7 Å². The zero-order valence-electron chi connectivity index (χ0n) is 15.2. The molecule has 0 bridgehead atoms. The maximum Gasteiger partial charge on any atom is 0.251 e. The molecule has 0 aromatic heterocycles. The lowest BCUT2D eigenvalue weighted by Gasteiger charge is -2.12. The van der Waals surface area contributed by atoms with E-state index in [4.69, 9.17) is 9.47 Å². The fourth-order valence-electron chi connectivity index (χ4n) is 2.54. The Balaban J connectivity index is 1.62. The molecule has 0 aliphatic carbocycles. The monoisotopic (exact) mass is 390 g/mol. The number of carbonyl (C=O) groups is 1. The summed E-state index contributed by atoms with van der Waals surface area (Å²) in [5.41, 5.74) is 1.27. The van der Waals surface area contributed by atoms with E-state index in [0.717, 1.165) is 5.56 Å². The zero-order chi connectivity index (χ0) is 19.4. The second kappa shape index (κ2) is 7.98. The number of ether oxygens (including phenoxy) is 2. The van der Waals surface area contributed by atoms with Gasteiger partial charge in [-0.25, -0.2) is 13.1 Å². The van der Waals surface area contributed by atoms with Crippen molar-refractivity contribution in [1.82, 2.24) is 10.0 Å². The molecular formula is C19H22N2O5S. The van der Waals surface area contributed by atoms with Crippen molar-refractivity contribution in [2.24, 2.45) is 0 Å². The van der Waals surface area contributed by atoms with Crippen LogP contribution in [0.2, 0.25) is 0 Å². The van der Waals surface area contributed by atoms with Crippen LogP contribution < -0.4 is 19.5 Å². The van der Waals surface area contributed by atoms with Crippen LogP contribution in [0.5, 0.6) is 11.5 Å². The van der Waals surface area contributed by atoms with Crippen molar-refractivity contribution in [3.63, 3.8) is 0 Å². The molecule has 1 atom stereocenters. The lowest BCUT2D eigenvalue weighted by molar-refractivity contribution is 0.0950. The average molecular weight is 390 g/mol. The van der Waals surface area contributed by atoms with Gasteiger partial charge in [-0.1, -0.05) is 13.0 Å². The third-order valence-corrected chi connectivity index (χ3v) is 5.89. The van der Waals surface area contributed by atoms with Crippen LogP contribution in [0.15, 0.2) is 47.4 Å². The van der Waals surface area contributed by atoms with Crippen molar-refractivity contribution in [3.8, 4) is 11.5 Å². The molecule has 7 nitrogen and oxygen atoms in total. The molecule has 1 aliphatic rings. The van der Waals surface area contributed by atoms with Crippen molar-refractivity contribution in [2.75, 3.05) is 6.79 Å². The van der Waals surface area contributed by atoms with Crippen molar-refractivity contribution in [3.05, 3.63) is 53.6 Å². The summed E-state index contributed by atoms with van der Waals surface area (Å²) in [5.74, 6) is 1.06. The summed E-state index contributed by atoms with van der Waals surface area (Å²) in [4.78, 5) is 12.4. The Morgan fingerprint density at radius 1 is 1.11 bits per heavy atom. The standard InChI is InChI=1S/C19H22N2O5S/c1-3-13(2)21-27(23,24)16-7-5-15(6-8-16)19(22)20-11-14-4-9-17-18(10-14)26-12-25-17/h4-10,13,21H,3,11-12H2,1-2H3,(H,20,22)/t13-/m1/s1. The Morgan fingerprint density at radius 3 is 2.52 bits per heavy atom. The van der Waals surface area contributed by atoms with E-state index in [1.54, 1.807) is 13.0 Å². The fraction of sp³-hybridized carbons (Fsp3) is 0.316. The minimum atomic E-state index is -3.58. The highest BCUT2D eigenvalue weighted by molar-refractivity contribution is 7.89. The SMILES string of the molecule is CC[C@@H](C)NS(=O)(=O)c1ccc(C(=O)NCc2ccc3c(c2)OCO3)cc1. The van der Waals surface area contributed by atoms with Gasteiger partial charge in [0.2, 0.25) is 16.8 Å². The first-order chi connectivity index (χ1) is 12.9. The van der Waals surface area contributed by atoms with Crippen LogP contribution in [0.25, 0.3) is 0 Å². The number of sulfonamides is 1. The summed E-state index contributed by atoms with van der Waals surface area (Å²) in [5, 5.41) is 2.81. The highest BCUT2D eigenvalue weighted by atomic mass is 32.2. The Hall–Kier alpha value is -2.58. The highest BCUT2D eigenvalue weighted by Crippen LogP contribution is 2.32. The third kappa shape index (κ3) is 4.58. The van der Waals surface area contributed by atoms with Crippen molar-refractivity contribution >= 4 is 15.9 Å². The molecule has 1 aliphatic heterocycles. The van der Waals surface area contributed by atoms with E-state index in [2.05, 4.69) is 10.0 Å². The van der Waals surface area contributed by atoms with Crippen molar-refractivity contribution < 1.29 is 22.7 Å². The Bertz CT molecular complexity index is 926. The Kier molecular flexibility index (Phi) is 5.67. The first-order valence-corrected chi connectivity index (χ1v) is 10.2. The first kappa shape index (κ1) is 19.2. The number of fused-ring (bicyclic) bond motifs is 1. The molecule has 2 aromatic rings. The molecule has 144 valence electrons. The highest BCUT2D eigenvalue weighted by Gasteiger charge is 2.17. The Morgan fingerprint density at radius 2 is 1.81 bits per heavy atom. The second-order valence-electron chi connectivity index (χ2n) is 6.33. The van der Waals surface area contributed by atoms with Gasteiger partial charge in [-0.2, -0.15) is 0 Å². The zero-order valence-corrected chi connectivity index (χ0v) is 16.0. The van der Waals surface area contributed by atoms with Crippen LogP contribution in [-0.2, 0) is 16.6 Å². The molecule has 0 spiro atoms. The molecule has 2 aromatic carbocycles. The number of carbonyl (C=O) groups excluding carboxylic acids is 1. The van der Waals surface area contributed by atoms with E-state index in [1.165, 1.54) is 24.3 Å². The fourth-order valence-corrected chi connectivity index (χ4v) is 3.86. The lowest BCUT2D eigenvalue weighted by atomic mass is 10.2. The maximum atomic E-state index is 12.3. The largest absolute Gasteiger partial charge is 0.454 e. The molecule has 0 fully saturated rings. The van der Waals surface area contributed by atoms with Gasteiger partial charge in [-0.05, 0) is 55.3 Å². The molecular weight excluding hydrogens is 368 g/mol. The van der Waals surface area contributed by atoms with E-state index in [9.17, 15) is 13.2 Å². The number of hydrogen-bond donors (Lipinski definition) is 2. The molecule has 0 saturated heterocycles. The molecule has 0 saturated carbocycles. The van der Waals surface area contributed by atoms with Gasteiger partial charge >= 0.3 is 0 Å². The molecule has 0 radical (unpaired) electrons. The quantitative estimate of drug-likeness (QED) is 0.757. The summed E-state index contributed by atoms with van der Waals surface area (Å²) in [6, 6.07) is 11.2. The summed E-state index contributed by atoms with van der Waals surface area (Å²) >= 11 is 0. The Labute approximate surface area is 158 Å². The number of amides is 1. The van der Waals surface area contributed by atoms with Crippen LogP contribution in [0, 0.1) is 0 Å². The van der Waals surface area contributed by atoms with Gasteiger partial charge in [-0.15, -0.1) is 0 Å². The lowest BCUT2D eigenvalue weighted by Crippen LogP contribution is -2.32. The molecule has 0 unspecified atom stereocenters. The molecule has 2 N–H and O–H groups in total. The molecule has 1 heterocycles. The molecule has 8 heteroatoms. The average Bonchev–Trinajstić information content (AvgIpc) is 3.13. The van der Waals surface area contributed by atoms with Gasteiger partial charge in [0.05, 0.1) is 4.90 Å². The number of nitrogens with one attached hydrogen (secondary N) is 2. The van der Waals surface area contributed by atoms with E-state index in [0.29, 0.717) is 30.0 Å². The van der Waals surface area contributed by atoms with E-state index >= 15 is 0 Å². The van der Waals surface area contributed by atoms with Gasteiger partial charge in [-0.3, -0.25) is 4.79 Å². The van der Waals surface area contributed by atoms with Gasteiger partial charge in [0, 0.05) is 18.2 Å². The number of benzene rings is 2. The van der Waals surface area contributed by atoms with Gasteiger partial charge < -0.3 is 14.8 Å². The smallest absolute Gasteiger partial charge is 0.251 e. The van der Waals surface area contributed by atoms with E-state index in [-0.39, 0.29) is 23.6 Å². The van der Waals surface area contributed by atoms with Gasteiger partial charge in [0.15, 0.2) is 11.5 Å². The van der Waals surface area contributed by atoms with E-state index < -0.39 is 10.0 Å².